The van der Waals surface area contributed by atoms with Crippen molar-refractivity contribution < 1.29 is 14.3 Å². The highest BCUT2D eigenvalue weighted by Crippen LogP contribution is 2.28. The number of hydrogen-bond donors (Lipinski definition) is 1. The van der Waals surface area contributed by atoms with Crippen molar-refractivity contribution in [3.8, 4) is 5.69 Å². The van der Waals surface area contributed by atoms with Gasteiger partial charge in [0.2, 0.25) is 5.91 Å². The summed E-state index contributed by atoms with van der Waals surface area (Å²) in [5.74, 6) is -0.867. The van der Waals surface area contributed by atoms with Gasteiger partial charge in [-0.15, -0.1) is 5.10 Å². The van der Waals surface area contributed by atoms with Gasteiger partial charge in [-0.05, 0) is 25.1 Å². The van der Waals surface area contributed by atoms with Gasteiger partial charge in [0.15, 0.2) is 5.69 Å². The molecule has 2 heterocycles. The van der Waals surface area contributed by atoms with Crippen LogP contribution in [-0.2, 0) is 16.0 Å². The second-order valence-corrected chi connectivity index (χ2v) is 4.84. The summed E-state index contributed by atoms with van der Waals surface area (Å²) in [6, 6.07) is 5.00. The van der Waals surface area contributed by atoms with Gasteiger partial charge in [-0.2, -0.15) is 0 Å². The normalized spacial score (nSPS) is 13.0. The van der Waals surface area contributed by atoms with Crippen molar-refractivity contribution >= 4 is 29.2 Å². The molecule has 0 fully saturated rings. The largest absolute Gasteiger partial charge is 0.461 e. The number of ether oxygens (including phenoxy) is 1. The van der Waals surface area contributed by atoms with Crippen LogP contribution in [0.1, 0.15) is 23.1 Å². The average molecular weight is 307 g/mol. The maximum atomic E-state index is 12.0. The average Bonchev–Trinajstić information content (AvgIpc) is 2.77. The highest BCUT2D eigenvalue weighted by molar-refractivity contribution is 6.31. The van der Waals surface area contributed by atoms with Crippen LogP contribution in [-0.4, -0.2) is 33.5 Å². The van der Waals surface area contributed by atoms with E-state index < -0.39 is 5.97 Å². The third kappa shape index (κ3) is 2.36. The monoisotopic (exact) mass is 306 g/mol. The molecule has 7 nitrogen and oxygen atoms in total. The molecule has 2 aromatic rings. The first-order valence-corrected chi connectivity index (χ1v) is 6.69. The van der Waals surface area contributed by atoms with E-state index >= 15 is 0 Å². The van der Waals surface area contributed by atoms with Crippen LogP contribution in [0.25, 0.3) is 5.69 Å². The number of aromatic nitrogens is 3. The summed E-state index contributed by atoms with van der Waals surface area (Å²) in [7, 11) is 0. The zero-order valence-corrected chi connectivity index (χ0v) is 11.8. The Bertz CT molecular complexity index is 741. The van der Waals surface area contributed by atoms with Gasteiger partial charge in [-0.1, -0.05) is 16.8 Å². The number of nitrogens with one attached hydrogen (secondary N) is 1. The van der Waals surface area contributed by atoms with Crippen LogP contribution in [0.4, 0.5) is 5.69 Å². The fraction of sp³-hybridized carbons (Fsp3) is 0.231. The topological polar surface area (TPSA) is 86.1 Å². The molecule has 21 heavy (non-hydrogen) atoms. The molecule has 0 saturated carbocycles. The molecule has 108 valence electrons. The van der Waals surface area contributed by atoms with Crippen molar-refractivity contribution in [2.24, 2.45) is 0 Å². The van der Waals surface area contributed by atoms with Crippen LogP contribution < -0.4 is 5.32 Å². The highest BCUT2D eigenvalue weighted by Gasteiger charge is 2.27. The number of halogens is 1. The number of anilines is 1. The lowest BCUT2D eigenvalue weighted by Crippen LogP contribution is -2.16. The quantitative estimate of drug-likeness (QED) is 0.852. The summed E-state index contributed by atoms with van der Waals surface area (Å²) in [4.78, 5) is 23.8. The van der Waals surface area contributed by atoms with Crippen LogP contribution in [0.3, 0.4) is 0 Å². The number of benzene rings is 1. The van der Waals surface area contributed by atoms with Crippen LogP contribution in [0.5, 0.6) is 0 Å². The van der Waals surface area contributed by atoms with Gasteiger partial charge in [-0.3, -0.25) is 4.79 Å². The van der Waals surface area contributed by atoms with E-state index in [1.54, 1.807) is 25.1 Å². The first-order chi connectivity index (χ1) is 10.1. The number of esters is 1. The van der Waals surface area contributed by atoms with Crippen LogP contribution >= 0.6 is 11.6 Å². The molecule has 0 bridgehead atoms. The smallest absolute Gasteiger partial charge is 0.360 e. The first kappa shape index (κ1) is 13.6. The minimum Gasteiger partial charge on any atom is -0.461 e. The van der Waals surface area contributed by atoms with E-state index in [0.717, 1.165) is 0 Å². The SMILES string of the molecule is CCOC(=O)c1nnn2c1CC(=O)Nc1cc(Cl)ccc1-2. The Kier molecular flexibility index (Phi) is 3.34. The molecular formula is C13H11ClN4O3. The lowest BCUT2D eigenvalue weighted by molar-refractivity contribution is -0.115. The molecular weight excluding hydrogens is 296 g/mol. The predicted octanol–water partition coefficient (Wildman–Crippen LogP) is 1.59. The van der Waals surface area contributed by atoms with Crippen molar-refractivity contribution in [3.63, 3.8) is 0 Å². The Morgan fingerprint density at radius 2 is 2.33 bits per heavy atom. The van der Waals surface area contributed by atoms with Gasteiger partial charge in [0.05, 0.1) is 30.1 Å². The van der Waals surface area contributed by atoms with Gasteiger partial charge in [0.1, 0.15) is 0 Å². The second kappa shape index (κ2) is 5.17. The summed E-state index contributed by atoms with van der Waals surface area (Å²) >= 11 is 5.93. The van der Waals surface area contributed by atoms with Gasteiger partial charge in [-0.25, -0.2) is 9.48 Å². The first-order valence-electron chi connectivity index (χ1n) is 6.31. The van der Waals surface area contributed by atoms with E-state index in [-0.39, 0.29) is 24.6 Å². The maximum Gasteiger partial charge on any atom is 0.360 e. The molecule has 1 N–H and O–H groups in total. The van der Waals surface area contributed by atoms with Crippen molar-refractivity contribution in [1.29, 1.82) is 0 Å². The van der Waals surface area contributed by atoms with Crippen molar-refractivity contribution in [2.75, 3.05) is 11.9 Å². The molecule has 8 heteroatoms. The Hall–Kier alpha value is -2.41. The molecule has 1 aliphatic rings. The van der Waals surface area contributed by atoms with E-state index in [0.29, 0.717) is 22.1 Å². The second-order valence-electron chi connectivity index (χ2n) is 4.40. The van der Waals surface area contributed by atoms with Crippen molar-refractivity contribution in [1.82, 2.24) is 15.0 Å². The number of carbonyl (C=O) groups is 2. The molecule has 0 aliphatic carbocycles. The molecule has 0 spiro atoms. The Morgan fingerprint density at radius 1 is 1.52 bits per heavy atom. The lowest BCUT2D eigenvalue weighted by atomic mass is 10.2. The molecule has 1 aromatic heterocycles. The predicted molar refractivity (Wildman–Crippen MR) is 74.7 cm³/mol. The highest BCUT2D eigenvalue weighted by atomic mass is 35.5. The Balaban J connectivity index is 2.16. The molecule has 0 saturated heterocycles. The van der Waals surface area contributed by atoms with E-state index in [2.05, 4.69) is 15.6 Å². The van der Waals surface area contributed by atoms with E-state index in [4.69, 9.17) is 16.3 Å². The summed E-state index contributed by atoms with van der Waals surface area (Å²) in [5.41, 5.74) is 1.57. The molecule has 1 aliphatic heterocycles. The summed E-state index contributed by atoms with van der Waals surface area (Å²) in [6.45, 7) is 1.92. The standard InChI is InChI=1S/C13H11ClN4O3/c1-2-21-13(20)12-10-6-11(19)15-8-5-7(14)3-4-9(8)18(10)17-16-12/h3-5H,2,6H2,1H3,(H,15,19). The third-order valence-corrected chi connectivity index (χ3v) is 3.26. The van der Waals surface area contributed by atoms with Crippen molar-refractivity contribution in [3.05, 3.63) is 34.6 Å². The number of amides is 1. The van der Waals surface area contributed by atoms with E-state index in [9.17, 15) is 9.59 Å². The zero-order chi connectivity index (χ0) is 15.0. The minimum absolute atomic E-state index is 0.0204. The lowest BCUT2D eigenvalue weighted by Gasteiger charge is -2.07. The van der Waals surface area contributed by atoms with E-state index in [1.165, 1.54) is 4.68 Å². The third-order valence-electron chi connectivity index (χ3n) is 3.02. The van der Waals surface area contributed by atoms with Crippen LogP contribution in [0.2, 0.25) is 5.02 Å². The van der Waals surface area contributed by atoms with Gasteiger partial charge < -0.3 is 10.1 Å². The maximum absolute atomic E-state index is 12.0. The number of hydrogen-bond acceptors (Lipinski definition) is 5. The minimum atomic E-state index is -0.594. The fourth-order valence-electron chi connectivity index (χ4n) is 2.15. The van der Waals surface area contributed by atoms with Crippen LogP contribution in [0, 0.1) is 0 Å². The van der Waals surface area contributed by atoms with Crippen molar-refractivity contribution in [2.45, 2.75) is 13.3 Å². The summed E-state index contributed by atoms with van der Waals surface area (Å²) < 4.78 is 6.38. The number of fused-ring (bicyclic) bond motifs is 3. The summed E-state index contributed by atoms with van der Waals surface area (Å²) in [6.07, 6.45) is -0.0204. The number of rotatable bonds is 2. The van der Waals surface area contributed by atoms with Gasteiger partial charge in [0.25, 0.3) is 0 Å². The number of carbonyl (C=O) groups excluding carboxylic acids is 2. The van der Waals surface area contributed by atoms with Gasteiger partial charge >= 0.3 is 5.97 Å². The zero-order valence-electron chi connectivity index (χ0n) is 11.1. The van der Waals surface area contributed by atoms with Gasteiger partial charge in [0, 0.05) is 5.02 Å². The molecule has 1 amide bonds. The fourth-order valence-corrected chi connectivity index (χ4v) is 2.32. The van der Waals surface area contributed by atoms with E-state index in [1.807, 2.05) is 0 Å². The van der Waals surface area contributed by atoms with Crippen LogP contribution in [0.15, 0.2) is 18.2 Å². The number of nitrogens with zero attached hydrogens (tertiary/aromatic N) is 3. The molecule has 0 atom stereocenters. The molecule has 1 aromatic carbocycles. The molecule has 3 rings (SSSR count). The Morgan fingerprint density at radius 3 is 3.10 bits per heavy atom. The summed E-state index contributed by atoms with van der Waals surface area (Å²) in [5, 5.41) is 11.0. The molecule has 0 radical (unpaired) electrons. The molecule has 0 unspecified atom stereocenters. The Labute approximate surface area is 124 Å².